The van der Waals surface area contributed by atoms with Crippen LogP contribution in [0.2, 0.25) is 0 Å². The number of rotatable bonds is 7. The van der Waals surface area contributed by atoms with E-state index < -0.39 is 0 Å². The van der Waals surface area contributed by atoms with E-state index in [4.69, 9.17) is 9.47 Å². The molecular weight excluding hydrogens is 202 g/mol. The average Bonchev–Trinajstić information content (AvgIpc) is 2.30. The van der Waals surface area contributed by atoms with Crippen LogP contribution in [0, 0.1) is 5.92 Å². The van der Waals surface area contributed by atoms with Gasteiger partial charge in [-0.3, -0.25) is 0 Å². The van der Waals surface area contributed by atoms with Gasteiger partial charge in [-0.05, 0) is 18.8 Å². The average molecular weight is 230 g/mol. The molecule has 0 saturated carbocycles. The molecule has 16 heavy (non-hydrogen) atoms. The molecule has 0 spiro atoms. The molecule has 0 amide bonds. The van der Waals surface area contributed by atoms with Crippen LogP contribution in [0.25, 0.3) is 0 Å². The summed E-state index contributed by atoms with van der Waals surface area (Å²) >= 11 is 0. The summed E-state index contributed by atoms with van der Waals surface area (Å²) in [5.41, 5.74) is 0. The van der Waals surface area contributed by atoms with Gasteiger partial charge in [-0.2, -0.15) is 0 Å². The Balaban J connectivity index is 2.11. The van der Waals surface area contributed by atoms with Crippen LogP contribution in [0.4, 0.5) is 0 Å². The number of ether oxygens (including phenoxy) is 2. The summed E-state index contributed by atoms with van der Waals surface area (Å²) in [5, 5.41) is 0. The molecule has 0 aromatic carbocycles. The van der Waals surface area contributed by atoms with E-state index >= 15 is 0 Å². The van der Waals surface area contributed by atoms with Gasteiger partial charge in [0.25, 0.3) is 0 Å². The van der Waals surface area contributed by atoms with Crippen molar-refractivity contribution in [3.63, 3.8) is 0 Å². The fraction of sp³-hybridized carbons (Fsp3) is 1.00. The van der Waals surface area contributed by atoms with Crippen molar-refractivity contribution < 1.29 is 14.0 Å². The van der Waals surface area contributed by atoms with Crippen molar-refractivity contribution in [2.45, 2.75) is 26.2 Å². The molecule has 0 bridgehead atoms. The van der Waals surface area contributed by atoms with Crippen LogP contribution in [0.5, 0.6) is 0 Å². The zero-order chi connectivity index (χ0) is 11.9. The molecule has 0 unspecified atom stereocenters. The Morgan fingerprint density at radius 2 is 1.81 bits per heavy atom. The summed E-state index contributed by atoms with van der Waals surface area (Å²) in [4.78, 5) is 0. The smallest absolute Gasteiger partial charge is 0.102 e. The summed E-state index contributed by atoms with van der Waals surface area (Å²) in [6, 6.07) is 0. The van der Waals surface area contributed by atoms with Gasteiger partial charge in [-0.1, -0.05) is 13.3 Å². The van der Waals surface area contributed by atoms with Gasteiger partial charge in [0.2, 0.25) is 0 Å². The summed E-state index contributed by atoms with van der Waals surface area (Å²) < 4.78 is 11.7. The number of quaternary nitrogens is 1. The second-order valence-electron chi connectivity index (χ2n) is 5.25. The van der Waals surface area contributed by atoms with E-state index in [-0.39, 0.29) is 0 Å². The van der Waals surface area contributed by atoms with E-state index in [1.165, 1.54) is 36.8 Å². The Hall–Kier alpha value is -0.120. The Morgan fingerprint density at radius 3 is 2.38 bits per heavy atom. The fourth-order valence-corrected chi connectivity index (χ4v) is 2.41. The second kappa shape index (κ2) is 7.25. The molecule has 1 rings (SSSR count). The summed E-state index contributed by atoms with van der Waals surface area (Å²) in [7, 11) is 4.08. The number of piperidine rings is 1. The van der Waals surface area contributed by atoms with Crippen LogP contribution in [0.1, 0.15) is 26.2 Å². The minimum Gasteiger partial charge on any atom is -0.382 e. The van der Waals surface area contributed by atoms with Gasteiger partial charge in [0.1, 0.15) is 6.54 Å². The Kier molecular flexibility index (Phi) is 6.32. The highest BCUT2D eigenvalue weighted by Gasteiger charge is 2.28. The minimum absolute atomic E-state index is 0.710. The van der Waals surface area contributed by atoms with Crippen molar-refractivity contribution in [1.29, 1.82) is 0 Å². The number of hydrogen-bond donors (Lipinski definition) is 0. The lowest BCUT2D eigenvalue weighted by atomic mass is 9.93. The molecule has 1 fully saturated rings. The van der Waals surface area contributed by atoms with Crippen LogP contribution >= 0.6 is 0 Å². The van der Waals surface area contributed by atoms with Crippen molar-refractivity contribution in [3.05, 3.63) is 0 Å². The number of hydrogen-bond acceptors (Lipinski definition) is 2. The van der Waals surface area contributed by atoms with E-state index in [9.17, 15) is 0 Å². The van der Waals surface area contributed by atoms with Crippen molar-refractivity contribution in [2.24, 2.45) is 5.92 Å². The van der Waals surface area contributed by atoms with Crippen molar-refractivity contribution in [2.75, 3.05) is 53.6 Å². The van der Waals surface area contributed by atoms with Gasteiger partial charge in [0.15, 0.2) is 0 Å². The highest BCUT2D eigenvalue weighted by molar-refractivity contribution is 4.62. The predicted octanol–water partition coefficient (Wildman–Crippen LogP) is 1.92. The number of likely N-dealkylation sites (N-methyl/N-ethyl adjacent to an activating group) is 1. The third-order valence-electron chi connectivity index (χ3n) is 3.94. The molecule has 0 radical (unpaired) electrons. The monoisotopic (exact) mass is 230 g/mol. The van der Waals surface area contributed by atoms with Gasteiger partial charge in [-0.15, -0.1) is 0 Å². The molecule has 0 aromatic heterocycles. The van der Waals surface area contributed by atoms with E-state index in [1.54, 1.807) is 7.11 Å². The maximum Gasteiger partial charge on any atom is 0.102 e. The molecule has 0 aromatic rings. The lowest BCUT2D eigenvalue weighted by molar-refractivity contribution is -0.915. The minimum atomic E-state index is 0.710. The fourth-order valence-electron chi connectivity index (χ4n) is 2.41. The molecule has 1 heterocycles. The van der Waals surface area contributed by atoms with Crippen LogP contribution < -0.4 is 0 Å². The molecule has 1 saturated heterocycles. The predicted molar refractivity (Wildman–Crippen MR) is 66.5 cm³/mol. The Bertz CT molecular complexity index is 177. The van der Waals surface area contributed by atoms with E-state index in [1.807, 2.05) is 0 Å². The molecule has 0 atom stereocenters. The van der Waals surface area contributed by atoms with Crippen molar-refractivity contribution >= 4 is 0 Å². The Morgan fingerprint density at radius 1 is 1.12 bits per heavy atom. The number of likely N-dealkylation sites (tertiary alicyclic amines) is 1. The van der Waals surface area contributed by atoms with Gasteiger partial charge >= 0.3 is 0 Å². The van der Waals surface area contributed by atoms with Gasteiger partial charge in [0.05, 0.1) is 40.0 Å². The third-order valence-corrected chi connectivity index (χ3v) is 3.94. The van der Waals surface area contributed by atoms with Crippen LogP contribution in [0.15, 0.2) is 0 Å². The summed E-state index contributed by atoms with van der Waals surface area (Å²) in [6.07, 6.45) is 4.14. The molecule has 0 N–H and O–H groups in total. The van der Waals surface area contributed by atoms with Crippen LogP contribution in [0.3, 0.4) is 0 Å². The standard InChI is InChI=1S/C13H28NO2/c1-4-13-5-7-14(2,8-6-13)9-10-16-12-11-15-3/h13H,4-12H2,1-3H3/q+1. The molecular formula is C13H28NO2+. The normalized spacial score (nSPS) is 30.6. The van der Waals surface area contributed by atoms with Crippen LogP contribution in [-0.4, -0.2) is 58.1 Å². The van der Waals surface area contributed by atoms with Crippen LogP contribution in [-0.2, 0) is 9.47 Å². The molecule has 96 valence electrons. The van der Waals surface area contributed by atoms with Crippen molar-refractivity contribution in [1.82, 2.24) is 0 Å². The van der Waals surface area contributed by atoms with Crippen molar-refractivity contribution in [3.8, 4) is 0 Å². The third kappa shape index (κ3) is 4.81. The molecule has 3 heteroatoms. The maximum atomic E-state index is 5.55. The molecule has 0 aliphatic carbocycles. The highest BCUT2D eigenvalue weighted by atomic mass is 16.5. The molecule has 1 aliphatic rings. The quantitative estimate of drug-likeness (QED) is 0.491. The first-order valence-corrected chi connectivity index (χ1v) is 6.60. The van der Waals surface area contributed by atoms with Gasteiger partial charge < -0.3 is 14.0 Å². The van der Waals surface area contributed by atoms with E-state index in [0.717, 1.165) is 25.7 Å². The maximum absolute atomic E-state index is 5.55. The zero-order valence-electron chi connectivity index (χ0n) is 11.2. The highest BCUT2D eigenvalue weighted by Crippen LogP contribution is 2.23. The first-order valence-electron chi connectivity index (χ1n) is 6.60. The largest absolute Gasteiger partial charge is 0.382 e. The summed E-state index contributed by atoms with van der Waals surface area (Å²) in [5.74, 6) is 0.973. The lowest BCUT2D eigenvalue weighted by Gasteiger charge is -2.40. The first kappa shape index (κ1) is 13.9. The van der Waals surface area contributed by atoms with Gasteiger partial charge in [0, 0.05) is 7.11 Å². The zero-order valence-corrected chi connectivity index (χ0v) is 11.2. The van der Waals surface area contributed by atoms with E-state index in [2.05, 4.69) is 14.0 Å². The lowest BCUT2D eigenvalue weighted by Crippen LogP contribution is -2.51. The number of methoxy groups -OCH3 is 1. The molecule has 3 nitrogen and oxygen atoms in total. The number of nitrogens with zero attached hydrogens (tertiary/aromatic N) is 1. The second-order valence-corrected chi connectivity index (χ2v) is 5.25. The topological polar surface area (TPSA) is 18.5 Å². The Labute approximate surface area is 100 Å². The molecule has 1 aliphatic heterocycles. The SMILES string of the molecule is CCC1CC[N+](C)(CCOCCOC)CC1. The van der Waals surface area contributed by atoms with E-state index in [0.29, 0.717) is 6.61 Å². The summed E-state index contributed by atoms with van der Waals surface area (Å²) in [6.45, 7) is 8.43. The first-order chi connectivity index (χ1) is 7.70. The van der Waals surface area contributed by atoms with Gasteiger partial charge in [-0.25, -0.2) is 0 Å².